The molecule has 0 aromatic carbocycles. The number of nitrogens with one attached hydrogen (secondary N) is 1. The molecule has 1 aliphatic rings. The van der Waals surface area contributed by atoms with Crippen molar-refractivity contribution in [3.63, 3.8) is 0 Å². The molecule has 108 valence electrons. The van der Waals surface area contributed by atoms with Gasteiger partial charge in [-0.05, 0) is 27.3 Å². The molecule has 0 saturated carbocycles. The molecule has 1 N–H and O–H groups in total. The molecule has 0 amide bonds. The zero-order chi connectivity index (χ0) is 13.8. The lowest BCUT2D eigenvalue weighted by Crippen LogP contribution is -2.49. The van der Waals surface area contributed by atoms with Crippen molar-refractivity contribution in [3.8, 4) is 0 Å². The number of nitrogens with zero attached hydrogens (tertiary/aromatic N) is 1. The van der Waals surface area contributed by atoms with Crippen molar-refractivity contribution < 1.29 is 17.9 Å². The van der Waals surface area contributed by atoms with E-state index in [1.165, 1.54) is 4.90 Å². The molecule has 1 rings (SSSR count). The zero-order valence-corrected chi connectivity index (χ0v) is 11.3. The smallest absolute Gasteiger partial charge is 0.381 e. The Balaban J connectivity index is 2.68. The van der Waals surface area contributed by atoms with Crippen LogP contribution in [0.4, 0.5) is 13.2 Å². The van der Waals surface area contributed by atoms with Crippen LogP contribution >= 0.6 is 0 Å². The van der Waals surface area contributed by atoms with E-state index in [2.05, 4.69) is 5.32 Å². The van der Waals surface area contributed by atoms with Crippen LogP contribution in [-0.4, -0.2) is 57.0 Å². The summed E-state index contributed by atoms with van der Waals surface area (Å²) in [5, 5.41) is 3.07. The van der Waals surface area contributed by atoms with E-state index in [9.17, 15) is 13.2 Å². The number of hydrogen-bond donors (Lipinski definition) is 1. The minimum absolute atomic E-state index is 0.124. The number of ether oxygens (including phenoxy) is 1. The third-order valence-corrected chi connectivity index (χ3v) is 3.39. The van der Waals surface area contributed by atoms with Crippen LogP contribution in [0.3, 0.4) is 0 Å². The summed E-state index contributed by atoms with van der Waals surface area (Å²) in [6.07, 6.45) is -3.33. The molecular weight excluding hydrogens is 245 g/mol. The third-order valence-electron chi connectivity index (χ3n) is 3.39. The topological polar surface area (TPSA) is 24.5 Å². The molecule has 18 heavy (non-hydrogen) atoms. The fraction of sp³-hybridized carbons (Fsp3) is 1.00. The summed E-state index contributed by atoms with van der Waals surface area (Å²) < 4.78 is 43.1. The number of alkyl halides is 3. The highest BCUT2D eigenvalue weighted by Crippen LogP contribution is 2.31. The Morgan fingerprint density at radius 2 is 2.06 bits per heavy atom. The summed E-state index contributed by atoms with van der Waals surface area (Å²) >= 11 is 0. The molecule has 0 spiro atoms. The first-order chi connectivity index (χ1) is 8.28. The largest absolute Gasteiger partial charge is 0.401 e. The Bertz CT molecular complexity index is 250. The van der Waals surface area contributed by atoms with Crippen molar-refractivity contribution in [2.75, 3.05) is 39.9 Å². The van der Waals surface area contributed by atoms with Gasteiger partial charge < -0.3 is 10.1 Å². The van der Waals surface area contributed by atoms with Gasteiger partial charge in [-0.15, -0.1) is 0 Å². The van der Waals surface area contributed by atoms with Gasteiger partial charge >= 0.3 is 6.18 Å². The fourth-order valence-corrected chi connectivity index (χ4v) is 2.43. The lowest BCUT2D eigenvalue weighted by molar-refractivity contribution is -0.153. The second kappa shape index (κ2) is 6.21. The van der Waals surface area contributed by atoms with Crippen molar-refractivity contribution in [2.45, 2.75) is 32.5 Å². The van der Waals surface area contributed by atoms with Gasteiger partial charge in [-0.3, -0.25) is 4.90 Å². The van der Waals surface area contributed by atoms with Crippen LogP contribution in [0.2, 0.25) is 0 Å². The predicted molar refractivity (Wildman–Crippen MR) is 64.6 cm³/mol. The van der Waals surface area contributed by atoms with E-state index < -0.39 is 12.7 Å². The van der Waals surface area contributed by atoms with Gasteiger partial charge in [0.15, 0.2) is 0 Å². The van der Waals surface area contributed by atoms with Gasteiger partial charge in [-0.1, -0.05) is 0 Å². The lowest BCUT2D eigenvalue weighted by atomic mass is 9.86. The first-order valence-corrected chi connectivity index (χ1v) is 6.31. The van der Waals surface area contributed by atoms with Crippen molar-refractivity contribution in [2.24, 2.45) is 5.41 Å². The van der Waals surface area contributed by atoms with Crippen LogP contribution < -0.4 is 5.32 Å². The quantitative estimate of drug-likeness (QED) is 0.796. The third kappa shape index (κ3) is 4.74. The summed E-state index contributed by atoms with van der Waals surface area (Å²) in [5.74, 6) is 0. The molecule has 1 fully saturated rings. The van der Waals surface area contributed by atoms with Crippen molar-refractivity contribution in [1.82, 2.24) is 10.2 Å². The standard InChI is InChI=1S/C12H23F3N2O/c1-10(2)17(8-12(13,14)15)7-11(6-16-3)4-5-18-9-11/h10,16H,4-9H2,1-3H3. The Morgan fingerprint density at radius 1 is 1.39 bits per heavy atom. The molecule has 6 heteroatoms. The molecule has 1 aliphatic heterocycles. The van der Waals surface area contributed by atoms with E-state index in [4.69, 9.17) is 4.74 Å². The molecular formula is C12H23F3N2O. The van der Waals surface area contributed by atoms with Gasteiger partial charge in [-0.2, -0.15) is 13.2 Å². The van der Waals surface area contributed by atoms with E-state index in [1.54, 1.807) is 13.8 Å². The summed E-state index contributed by atoms with van der Waals surface area (Å²) in [6, 6.07) is -0.124. The van der Waals surface area contributed by atoms with E-state index in [0.717, 1.165) is 6.42 Å². The summed E-state index contributed by atoms with van der Waals surface area (Å²) in [7, 11) is 1.82. The van der Waals surface area contributed by atoms with Crippen LogP contribution in [0, 0.1) is 5.41 Å². The van der Waals surface area contributed by atoms with Crippen LogP contribution in [-0.2, 0) is 4.74 Å². The molecule has 0 aromatic rings. The first kappa shape index (κ1) is 15.7. The maximum atomic E-state index is 12.6. The molecule has 0 radical (unpaired) electrons. The summed E-state index contributed by atoms with van der Waals surface area (Å²) in [4.78, 5) is 1.49. The average Bonchev–Trinajstić information content (AvgIpc) is 2.64. The SMILES string of the molecule is CNCC1(CN(CC(F)(F)F)C(C)C)CCOC1. The Hall–Kier alpha value is -0.330. The normalized spacial score (nSPS) is 25.3. The second-order valence-electron chi connectivity index (χ2n) is 5.45. The lowest BCUT2D eigenvalue weighted by Gasteiger charge is -2.36. The van der Waals surface area contributed by atoms with Gasteiger partial charge in [0.25, 0.3) is 0 Å². The highest BCUT2D eigenvalue weighted by Gasteiger charge is 2.40. The van der Waals surface area contributed by atoms with Gasteiger partial charge in [-0.25, -0.2) is 0 Å². The van der Waals surface area contributed by atoms with E-state index in [1.807, 2.05) is 7.05 Å². The molecule has 1 saturated heterocycles. The summed E-state index contributed by atoms with van der Waals surface area (Å²) in [6.45, 7) is 5.03. The summed E-state index contributed by atoms with van der Waals surface area (Å²) in [5.41, 5.74) is -0.190. The predicted octanol–water partition coefficient (Wildman–Crippen LogP) is 1.89. The second-order valence-corrected chi connectivity index (χ2v) is 5.45. The van der Waals surface area contributed by atoms with Crippen LogP contribution in [0.5, 0.6) is 0 Å². The maximum absolute atomic E-state index is 12.6. The minimum atomic E-state index is -4.15. The van der Waals surface area contributed by atoms with Crippen molar-refractivity contribution in [1.29, 1.82) is 0 Å². The Labute approximate surface area is 107 Å². The minimum Gasteiger partial charge on any atom is -0.381 e. The molecule has 1 atom stereocenters. The molecule has 0 aromatic heterocycles. The van der Waals surface area contributed by atoms with Gasteiger partial charge in [0.05, 0.1) is 13.2 Å². The van der Waals surface area contributed by atoms with Crippen LogP contribution in [0.1, 0.15) is 20.3 Å². The highest BCUT2D eigenvalue weighted by molar-refractivity contribution is 4.89. The molecule has 1 heterocycles. The zero-order valence-electron chi connectivity index (χ0n) is 11.3. The highest BCUT2D eigenvalue weighted by atomic mass is 19.4. The maximum Gasteiger partial charge on any atom is 0.401 e. The monoisotopic (exact) mass is 268 g/mol. The number of hydrogen-bond acceptors (Lipinski definition) is 3. The van der Waals surface area contributed by atoms with E-state index in [-0.39, 0.29) is 11.5 Å². The molecule has 0 bridgehead atoms. The Morgan fingerprint density at radius 3 is 2.44 bits per heavy atom. The molecule has 3 nitrogen and oxygen atoms in total. The van der Waals surface area contributed by atoms with Gasteiger partial charge in [0.2, 0.25) is 0 Å². The first-order valence-electron chi connectivity index (χ1n) is 6.31. The van der Waals surface area contributed by atoms with Gasteiger partial charge in [0, 0.05) is 31.2 Å². The fourth-order valence-electron chi connectivity index (χ4n) is 2.43. The van der Waals surface area contributed by atoms with E-state index >= 15 is 0 Å². The van der Waals surface area contributed by atoms with Gasteiger partial charge in [0.1, 0.15) is 0 Å². The average molecular weight is 268 g/mol. The molecule has 1 unspecified atom stereocenters. The van der Waals surface area contributed by atoms with Crippen LogP contribution in [0.25, 0.3) is 0 Å². The number of rotatable bonds is 6. The van der Waals surface area contributed by atoms with E-state index in [0.29, 0.717) is 26.3 Å². The van der Waals surface area contributed by atoms with Crippen molar-refractivity contribution in [3.05, 3.63) is 0 Å². The van der Waals surface area contributed by atoms with Crippen LogP contribution in [0.15, 0.2) is 0 Å². The van der Waals surface area contributed by atoms with Crippen molar-refractivity contribution >= 4 is 0 Å². The number of halogens is 3. The Kier molecular flexibility index (Phi) is 5.43. The molecule has 0 aliphatic carbocycles.